The molecular weight excluding hydrogens is 323 g/mol. The number of nitrogens with two attached hydrogens (primary N) is 1. The highest BCUT2D eigenvalue weighted by molar-refractivity contribution is 14.1. The quantitative estimate of drug-likeness (QED) is 0.381. The highest BCUT2D eigenvalue weighted by atomic mass is 127. The van der Waals surface area contributed by atoms with Crippen molar-refractivity contribution in [2.45, 2.75) is 38.6 Å². The van der Waals surface area contributed by atoms with E-state index >= 15 is 0 Å². The molecule has 0 spiro atoms. The largest absolute Gasteiger partial charge is 0.271 e. The van der Waals surface area contributed by atoms with Crippen molar-refractivity contribution < 1.29 is 0 Å². The molecule has 1 unspecified atom stereocenters. The maximum atomic E-state index is 5.76. The highest BCUT2D eigenvalue weighted by Gasteiger charge is 2.19. The van der Waals surface area contributed by atoms with Crippen LogP contribution in [0.1, 0.15) is 42.9 Å². The van der Waals surface area contributed by atoms with Crippen LogP contribution in [0.3, 0.4) is 0 Å². The molecule has 0 aromatic heterocycles. The van der Waals surface area contributed by atoms with Gasteiger partial charge in [-0.25, -0.2) is 5.43 Å². The highest BCUT2D eigenvalue weighted by Crippen LogP contribution is 2.32. The summed E-state index contributed by atoms with van der Waals surface area (Å²) in [4.78, 5) is 0. The van der Waals surface area contributed by atoms with E-state index in [4.69, 9.17) is 5.84 Å². The van der Waals surface area contributed by atoms with Crippen LogP contribution in [0.5, 0.6) is 0 Å². The molecule has 0 heterocycles. The zero-order valence-corrected chi connectivity index (χ0v) is 12.3. The minimum absolute atomic E-state index is 0.182. The Kier molecular flexibility index (Phi) is 4.59. The smallest absolute Gasteiger partial charge is 0.0680 e. The van der Waals surface area contributed by atoms with E-state index in [1.54, 1.807) is 0 Å². The lowest BCUT2D eigenvalue weighted by molar-refractivity contribution is 0.564. The standard InChI is InChI=1S/C14H19IN2/c1-10-6-5-9-12(13(10)15)14(17-16)11-7-3-2-4-8-11/h5-7,9,14,17H,2-4,8,16H2,1H3. The van der Waals surface area contributed by atoms with Gasteiger partial charge in [-0.1, -0.05) is 29.8 Å². The first-order valence-corrected chi connectivity index (χ1v) is 7.22. The Hall–Kier alpha value is -0.390. The van der Waals surface area contributed by atoms with Gasteiger partial charge in [0.2, 0.25) is 0 Å². The predicted octanol–water partition coefficient (Wildman–Crippen LogP) is 3.60. The summed E-state index contributed by atoms with van der Waals surface area (Å²) in [5.41, 5.74) is 7.06. The third-order valence-electron chi connectivity index (χ3n) is 3.40. The zero-order chi connectivity index (χ0) is 12.3. The molecule has 0 bridgehead atoms. The van der Waals surface area contributed by atoms with Gasteiger partial charge in [-0.2, -0.15) is 0 Å². The molecule has 2 nitrogen and oxygen atoms in total. The van der Waals surface area contributed by atoms with Gasteiger partial charge in [-0.05, 0) is 66.3 Å². The molecule has 92 valence electrons. The molecule has 3 heteroatoms. The van der Waals surface area contributed by atoms with Gasteiger partial charge in [0.15, 0.2) is 0 Å². The summed E-state index contributed by atoms with van der Waals surface area (Å²) in [7, 11) is 0. The molecule has 0 amide bonds. The van der Waals surface area contributed by atoms with E-state index in [1.807, 2.05) is 0 Å². The molecule has 0 fully saturated rings. The second kappa shape index (κ2) is 5.98. The van der Waals surface area contributed by atoms with E-state index in [-0.39, 0.29) is 6.04 Å². The molecule has 1 aromatic carbocycles. The van der Waals surface area contributed by atoms with Crippen LogP contribution in [0.25, 0.3) is 0 Å². The monoisotopic (exact) mass is 342 g/mol. The molecule has 0 aliphatic heterocycles. The molecule has 0 radical (unpaired) electrons. The Morgan fingerprint density at radius 3 is 2.82 bits per heavy atom. The summed E-state index contributed by atoms with van der Waals surface area (Å²) in [6.07, 6.45) is 7.30. The SMILES string of the molecule is Cc1cccc(C(NN)C2=CCCCC2)c1I. The second-order valence-corrected chi connectivity index (χ2v) is 5.68. The van der Waals surface area contributed by atoms with Crippen molar-refractivity contribution in [3.05, 3.63) is 44.5 Å². The van der Waals surface area contributed by atoms with Gasteiger partial charge in [0.05, 0.1) is 6.04 Å². The van der Waals surface area contributed by atoms with Crippen molar-refractivity contribution in [1.82, 2.24) is 5.43 Å². The van der Waals surface area contributed by atoms with Crippen molar-refractivity contribution in [3.8, 4) is 0 Å². The number of allylic oxidation sites excluding steroid dienone is 1. The van der Waals surface area contributed by atoms with Crippen molar-refractivity contribution in [1.29, 1.82) is 0 Å². The van der Waals surface area contributed by atoms with E-state index in [0.29, 0.717) is 0 Å². The Morgan fingerprint density at radius 1 is 1.35 bits per heavy atom. The van der Waals surface area contributed by atoms with Gasteiger partial charge >= 0.3 is 0 Å². The molecule has 3 N–H and O–H groups in total. The van der Waals surface area contributed by atoms with Gasteiger partial charge in [0.25, 0.3) is 0 Å². The van der Waals surface area contributed by atoms with Crippen molar-refractivity contribution >= 4 is 22.6 Å². The lowest BCUT2D eigenvalue weighted by Crippen LogP contribution is -2.30. The van der Waals surface area contributed by atoms with Crippen LogP contribution in [0.15, 0.2) is 29.8 Å². The second-order valence-electron chi connectivity index (χ2n) is 4.60. The number of rotatable bonds is 3. The van der Waals surface area contributed by atoms with Crippen LogP contribution in [0.4, 0.5) is 0 Å². The lowest BCUT2D eigenvalue weighted by Gasteiger charge is -2.24. The van der Waals surface area contributed by atoms with Gasteiger partial charge in [0, 0.05) is 3.57 Å². The molecule has 2 rings (SSSR count). The van der Waals surface area contributed by atoms with Gasteiger partial charge in [-0.3, -0.25) is 5.84 Å². The van der Waals surface area contributed by atoms with Crippen LogP contribution >= 0.6 is 22.6 Å². The minimum atomic E-state index is 0.182. The van der Waals surface area contributed by atoms with Crippen molar-refractivity contribution in [2.24, 2.45) is 5.84 Å². The van der Waals surface area contributed by atoms with E-state index < -0.39 is 0 Å². The molecular formula is C14H19IN2. The summed E-state index contributed by atoms with van der Waals surface area (Å²) in [5, 5.41) is 0. The first-order chi connectivity index (χ1) is 8.24. The molecule has 1 atom stereocenters. The van der Waals surface area contributed by atoms with Crippen LogP contribution in [-0.4, -0.2) is 0 Å². The van der Waals surface area contributed by atoms with E-state index in [9.17, 15) is 0 Å². The Morgan fingerprint density at radius 2 is 2.18 bits per heavy atom. The lowest BCUT2D eigenvalue weighted by atomic mass is 9.90. The predicted molar refractivity (Wildman–Crippen MR) is 80.5 cm³/mol. The first-order valence-electron chi connectivity index (χ1n) is 6.14. The molecule has 0 saturated carbocycles. The summed E-state index contributed by atoms with van der Waals surface area (Å²) in [5.74, 6) is 5.76. The van der Waals surface area contributed by atoms with E-state index in [1.165, 1.54) is 46.0 Å². The normalized spacial score (nSPS) is 17.7. The fourth-order valence-electron chi connectivity index (χ4n) is 2.41. The third kappa shape index (κ3) is 2.89. The summed E-state index contributed by atoms with van der Waals surface area (Å²) < 4.78 is 1.32. The number of halogens is 1. The Balaban J connectivity index is 2.34. The van der Waals surface area contributed by atoms with Crippen LogP contribution in [0, 0.1) is 10.5 Å². The number of hydrogen-bond donors (Lipinski definition) is 2. The average Bonchev–Trinajstić information content (AvgIpc) is 2.37. The first kappa shape index (κ1) is 13.1. The maximum absolute atomic E-state index is 5.76. The average molecular weight is 342 g/mol. The third-order valence-corrected chi connectivity index (χ3v) is 4.87. The number of hydrazine groups is 1. The summed E-state index contributed by atoms with van der Waals surface area (Å²) in [6, 6.07) is 6.62. The molecule has 1 aliphatic carbocycles. The Bertz CT molecular complexity index is 426. The van der Waals surface area contributed by atoms with Crippen molar-refractivity contribution in [2.75, 3.05) is 0 Å². The van der Waals surface area contributed by atoms with Gasteiger partial charge in [0.1, 0.15) is 0 Å². The van der Waals surface area contributed by atoms with E-state index in [2.05, 4.69) is 59.2 Å². The van der Waals surface area contributed by atoms with Crippen LogP contribution in [0.2, 0.25) is 0 Å². The van der Waals surface area contributed by atoms with Crippen LogP contribution < -0.4 is 11.3 Å². The fourth-order valence-corrected chi connectivity index (χ4v) is 3.09. The summed E-state index contributed by atoms with van der Waals surface area (Å²) in [6.45, 7) is 2.15. The van der Waals surface area contributed by atoms with Gasteiger partial charge in [-0.15, -0.1) is 0 Å². The topological polar surface area (TPSA) is 38.0 Å². The molecule has 0 saturated heterocycles. The fraction of sp³-hybridized carbons (Fsp3) is 0.429. The summed E-state index contributed by atoms with van der Waals surface area (Å²) >= 11 is 2.42. The van der Waals surface area contributed by atoms with E-state index in [0.717, 1.165) is 0 Å². The molecule has 1 aromatic rings. The Labute approximate surface area is 117 Å². The number of benzene rings is 1. The zero-order valence-electron chi connectivity index (χ0n) is 10.2. The number of hydrogen-bond acceptors (Lipinski definition) is 2. The number of nitrogens with one attached hydrogen (secondary N) is 1. The maximum Gasteiger partial charge on any atom is 0.0680 e. The van der Waals surface area contributed by atoms with Crippen LogP contribution in [-0.2, 0) is 0 Å². The molecule has 17 heavy (non-hydrogen) atoms. The van der Waals surface area contributed by atoms with Gasteiger partial charge < -0.3 is 0 Å². The minimum Gasteiger partial charge on any atom is -0.271 e. The molecule has 1 aliphatic rings. The van der Waals surface area contributed by atoms with Crippen molar-refractivity contribution in [3.63, 3.8) is 0 Å². The number of aryl methyl sites for hydroxylation is 1.